The first kappa shape index (κ1) is 11.5. The summed E-state index contributed by atoms with van der Waals surface area (Å²) in [7, 11) is 0. The monoisotopic (exact) mass is 229 g/mol. The lowest BCUT2D eigenvalue weighted by Crippen LogP contribution is -2.22. The van der Waals surface area contributed by atoms with E-state index in [-0.39, 0.29) is 18.4 Å². The smallest absolute Gasteiger partial charge is 0.221 e. The van der Waals surface area contributed by atoms with Crippen molar-refractivity contribution in [1.29, 1.82) is 0 Å². The Bertz CT molecular complexity index is 536. The van der Waals surface area contributed by atoms with E-state index in [4.69, 9.17) is 10.5 Å². The number of rotatable bonds is 4. The van der Waals surface area contributed by atoms with Gasteiger partial charge < -0.3 is 10.5 Å². The van der Waals surface area contributed by atoms with Gasteiger partial charge in [-0.15, -0.1) is 0 Å². The van der Waals surface area contributed by atoms with Crippen molar-refractivity contribution in [3.63, 3.8) is 0 Å². The summed E-state index contributed by atoms with van der Waals surface area (Å²) in [5.41, 5.74) is 5.12. The molecule has 1 atom stereocenters. The summed E-state index contributed by atoms with van der Waals surface area (Å²) in [6.45, 7) is 1.83. The first-order valence-electron chi connectivity index (χ1n) is 5.59. The average Bonchev–Trinajstić information content (AvgIpc) is 2.27. The van der Waals surface area contributed by atoms with E-state index in [0.717, 1.165) is 11.1 Å². The molecule has 0 heterocycles. The van der Waals surface area contributed by atoms with Crippen LogP contribution in [0.1, 0.15) is 13.3 Å². The van der Waals surface area contributed by atoms with Crippen molar-refractivity contribution in [2.45, 2.75) is 19.4 Å². The standard InChI is InChI=1S/C14H15NO2/c1-10(8-14(15)16)17-13-7-6-11-4-2-3-5-12(11)9-13/h2-7,9-10H,8H2,1H3,(H2,15,16). The second kappa shape index (κ2) is 4.87. The quantitative estimate of drug-likeness (QED) is 0.875. The lowest BCUT2D eigenvalue weighted by atomic mass is 10.1. The second-order valence-corrected chi connectivity index (χ2v) is 4.11. The molecule has 3 nitrogen and oxygen atoms in total. The third kappa shape index (κ3) is 2.97. The van der Waals surface area contributed by atoms with Crippen molar-refractivity contribution in [3.05, 3.63) is 42.5 Å². The summed E-state index contributed by atoms with van der Waals surface area (Å²) in [6.07, 6.45) is 0.0287. The van der Waals surface area contributed by atoms with Crippen molar-refractivity contribution in [2.24, 2.45) is 5.73 Å². The fourth-order valence-electron chi connectivity index (χ4n) is 1.80. The minimum absolute atomic E-state index is 0.200. The number of carbonyl (C=O) groups excluding carboxylic acids is 1. The van der Waals surface area contributed by atoms with Crippen LogP contribution < -0.4 is 10.5 Å². The highest BCUT2D eigenvalue weighted by molar-refractivity contribution is 5.83. The zero-order chi connectivity index (χ0) is 12.3. The van der Waals surface area contributed by atoms with Crippen LogP contribution in [0.15, 0.2) is 42.5 Å². The largest absolute Gasteiger partial charge is 0.490 e. The number of ether oxygens (including phenoxy) is 1. The zero-order valence-electron chi connectivity index (χ0n) is 9.72. The summed E-state index contributed by atoms with van der Waals surface area (Å²) in [4.78, 5) is 10.8. The molecule has 2 N–H and O–H groups in total. The molecular weight excluding hydrogens is 214 g/mol. The third-order valence-electron chi connectivity index (χ3n) is 2.55. The van der Waals surface area contributed by atoms with Crippen LogP contribution in [0.5, 0.6) is 5.75 Å². The minimum Gasteiger partial charge on any atom is -0.490 e. The predicted molar refractivity (Wildman–Crippen MR) is 67.8 cm³/mol. The predicted octanol–water partition coefficient (Wildman–Crippen LogP) is 2.48. The Kier molecular flexibility index (Phi) is 3.28. The Morgan fingerprint density at radius 1 is 1.24 bits per heavy atom. The van der Waals surface area contributed by atoms with Gasteiger partial charge in [-0.05, 0) is 29.8 Å². The number of primary amides is 1. The minimum atomic E-state index is -0.349. The number of hydrogen-bond acceptors (Lipinski definition) is 2. The maximum absolute atomic E-state index is 10.8. The van der Waals surface area contributed by atoms with Gasteiger partial charge >= 0.3 is 0 Å². The molecule has 0 aromatic heterocycles. The van der Waals surface area contributed by atoms with E-state index in [1.807, 2.05) is 49.4 Å². The highest BCUT2D eigenvalue weighted by Crippen LogP contribution is 2.21. The normalized spacial score (nSPS) is 12.3. The molecular formula is C14H15NO2. The maximum Gasteiger partial charge on any atom is 0.221 e. The molecule has 1 amide bonds. The summed E-state index contributed by atoms with van der Waals surface area (Å²) in [5.74, 6) is 0.413. The molecule has 0 saturated heterocycles. The van der Waals surface area contributed by atoms with Gasteiger partial charge in [0.25, 0.3) is 0 Å². The SMILES string of the molecule is CC(CC(N)=O)Oc1ccc2ccccc2c1. The Balaban J connectivity index is 2.16. The molecule has 2 aromatic rings. The van der Waals surface area contributed by atoms with Crippen LogP contribution in [0.3, 0.4) is 0 Å². The number of hydrogen-bond donors (Lipinski definition) is 1. The first-order valence-corrected chi connectivity index (χ1v) is 5.59. The molecule has 3 heteroatoms. The topological polar surface area (TPSA) is 52.3 Å². The Morgan fingerprint density at radius 2 is 1.94 bits per heavy atom. The van der Waals surface area contributed by atoms with E-state index in [2.05, 4.69) is 0 Å². The maximum atomic E-state index is 10.8. The van der Waals surface area contributed by atoms with E-state index < -0.39 is 0 Å². The van der Waals surface area contributed by atoms with Crippen molar-refractivity contribution in [3.8, 4) is 5.75 Å². The summed E-state index contributed by atoms with van der Waals surface area (Å²) >= 11 is 0. The Morgan fingerprint density at radius 3 is 2.65 bits per heavy atom. The highest BCUT2D eigenvalue weighted by atomic mass is 16.5. The van der Waals surface area contributed by atoms with Crippen LogP contribution in [0.2, 0.25) is 0 Å². The van der Waals surface area contributed by atoms with Crippen LogP contribution >= 0.6 is 0 Å². The van der Waals surface area contributed by atoms with Crippen LogP contribution in [0.4, 0.5) is 0 Å². The molecule has 2 aromatic carbocycles. The van der Waals surface area contributed by atoms with Gasteiger partial charge in [-0.25, -0.2) is 0 Å². The van der Waals surface area contributed by atoms with Gasteiger partial charge in [0.15, 0.2) is 0 Å². The number of carbonyl (C=O) groups is 1. The molecule has 0 aliphatic rings. The van der Waals surface area contributed by atoms with Gasteiger partial charge in [0, 0.05) is 0 Å². The van der Waals surface area contributed by atoms with Gasteiger partial charge in [-0.1, -0.05) is 30.3 Å². The summed E-state index contributed by atoms with van der Waals surface area (Å²) in [6, 6.07) is 13.9. The van der Waals surface area contributed by atoms with Crippen LogP contribution in [-0.4, -0.2) is 12.0 Å². The van der Waals surface area contributed by atoms with Crippen LogP contribution in [-0.2, 0) is 4.79 Å². The Hall–Kier alpha value is -2.03. The molecule has 0 fully saturated rings. The fourth-order valence-corrected chi connectivity index (χ4v) is 1.80. The van der Waals surface area contributed by atoms with Crippen molar-refractivity contribution in [1.82, 2.24) is 0 Å². The van der Waals surface area contributed by atoms with Gasteiger partial charge in [0.1, 0.15) is 11.9 Å². The molecule has 2 rings (SSSR count). The van der Waals surface area contributed by atoms with Crippen LogP contribution in [0, 0.1) is 0 Å². The molecule has 0 spiro atoms. The van der Waals surface area contributed by atoms with Crippen molar-refractivity contribution < 1.29 is 9.53 Å². The Labute approximate surface area is 100 Å². The molecule has 17 heavy (non-hydrogen) atoms. The molecule has 88 valence electrons. The average molecular weight is 229 g/mol. The summed E-state index contributed by atoms with van der Waals surface area (Å²) < 4.78 is 5.63. The number of benzene rings is 2. The molecule has 0 aliphatic heterocycles. The molecule has 0 bridgehead atoms. The van der Waals surface area contributed by atoms with Crippen molar-refractivity contribution >= 4 is 16.7 Å². The molecule has 0 aliphatic carbocycles. The lowest BCUT2D eigenvalue weighted by molar-refractivity contribution is -0.119. The molecule has 0 radical (unpaired) electrons. The van der Waals surface area contributed by atoms with E-state index in [1.54, 1.807) is 0 Å². The van der Waals surface area contributed by atoms with Gasteiger partial charge in [0.2, 0.25) is 5.91 Å². The van der Waals surface area contributed by atoms with Gasteiger partial charge in [-0.3, -0.25) is 4.79 Å². The lowest BCUT2D eigenvalue weighted by Gasteiger charge is -2.13. The van der Waals surface area contributed by atoms with Crippen molar-refractivity contribution in [2.75, 3.05) is 0 Å². The van der Waals surface area contributed by atoms with Gasteiger partial charge in [0.05, 0.1) is 6.42 Å². The fraction of sp³-hybridized carbons (Fsp3) is 0.214. The number of fused-ring (bicyclic) bond motifs is 1. The molecule has 1 unspecified atom stereocenters. The van der Waals surface area contributed by atoms with E-state index in [0.29, 0.717) is 0 Å². The van der Waals surface area contributed by atoms with Gasteiger partial charge in [-0.2, -0.15) is 0 Å². The zero-order valence-corrected chi connectivity index (χ0v) is 9.72. The summed E-state index contributed by atoms with van der Waals surface area (Å²) in [5, 5.41) is 2.29. The van der Waals surface area contributed by atoms with E-state index in [1.165, 1.54) is 5.39 Å². The third-order valence-corrected chi connectivity index (χ3v) is 2.55. The highest BCUT2D eigenvalue weighted by Gasteiger charge is 2.07. The second-order valence-electron chi connectivity index (χ2n) is 4.11. The van der Waals surface area contributed by atoms with E-state index in [9.17, 15) is 4.79 Å². The number of amides is 1. The molecule has 0 saturated carbocycles. The first-order chi connectivity index (χ1) is 8.15. The van der Waals surface area contributed by atoms with E-state index >= 15 is 0 Å². The van der Waals surface area contributed by atoms with Crippen LogP contribution in [0.25, 0.3) is 10.8 Å². The number of nitrogens with two attached hydrogens (primary N) is 1.